The molecule has 0 bridgehead atoms. The highest BCUT2D eigenvalue weighted by atomic mass is 14.9. The third kappa shape index (κ3) is 1.71. The smallest absolute Gasteiger partial charge is 0.0307 e. The fraction of sp³-hybridized carbons (Fsp3) is 0.818. The summed E-state index contributed by atoms with van der Waals surface area (Å²) in [6.45, 7) is 3.34. The molecule has 0 aliphatic heterocycles. The molecule has 1 saturated carbocycles. The number of nitrogens with one attached hydrogen (secondary N) is 1. The Bertz CT molecular complexity index is 179. The Balaban J connectivity index is 1.94. The van der Waals surface area contributed by atoms with Crippen LogP contribution in [0.2, 0.25) is 0 Å². The van der Waals surface area contributed by atoms with E-state index < -0.39 is 0 Å². The highest BCUT2D eigenvalue weighted by molar-refractivity contribution is 5.18. The van der Waals surface area contributed by atoms with Gasteiger partial charge in [-0.3, -0.25) is 0 Å². The van der Waals surface area contributed by atoms with Gasteiger partial charge in [0.15, 0.2) is 0 Å². The molecule has 12 heavy (non-hydrogen) atoms. The van der Waals surface area contributed by atoms with Crippen molar-refractivity contribution in [2.24, 2.45) is 5.92 Å². The van der Waals surface area contributed by atoms with Crippen molar-refractivity contribution in [2.45, 2.75) is 45.1 Å². The van der Waals surface area contributed by atoms with Gasteiger partial charge in [0.05, 0.1) is 0 Å². The standard InChI is InChI=1S/C11H19N/c1-2-12-11(10-7-8-10)9-5-3-4-6-9/h5,10-12H,2-4,6-8H2,1H3. The van der Waals surface area contributed by atoms with E-state index in [0.717, 1.165) is 18.5 Å². The molecule has 1 N–H and O–H groups in total. The molecule has 1 nitrogen and oxygen atoms in total. The van der Waals surface area contributed by atoms with E-state index in [1.807, 2.05) is 0 Å². The first-order valence-corrected chi connectivity index (χ1v) is 5.34. The van der Waals surface area contributed by atoms with Crippen LogP contribution in [0.5, 0.6) is 0 Å². The summed E-state index contributed by atoms with van der Waals surface area (Å²) in [5.74, 6) is 0.981. The van der Waals surface area contributed by atoms with Crippen molar-refractivity contribution < 1.29 is 0 Å². The molecule has 2 rings (SSSR count). The second-order valence-corrected chi connectivity index (χ2v) is 4.04. The summed E-state index contributed by atoms with van der Waals surface area (Å²) in [6.07, 6.45) is 9.44. The highest BCUT2D eigenvalue weighted by Gasteiger charge is 2.33. The maximum Gasteiger partial charge on any atom is 0.0307 e. The van der Waals surface area contributed by atoms with E-state index in [1.54, 1.807) is 5.57 Å². The zero-order valence-electron chi connectivity index (χ0n) is 7.97. The van der Waals surface area contributed by atoms with Gasteiger partial charge in [0, 0.05) is 6.04 Å². The zero-order valence-corrected chi connectivity index (χ0v) is 7.97. The van der Waals surface area contributed by atoms with Gasteiger partial charge in [-0.1, -0.05) is 18.6 Å². The molecule has 1 fully saturated rings. The van der Waals surface area contributed by atoms with E-state index in [1.165, 1.54) is 32.1 Å². The largest absolute Gasteiger partial charge is 0.310 e. The summed E-state index contributed by atoms with van der Waals surface area (Å²) < 4.78 is 0. The Labute approximate surface area is 75.2 Å². The predicted molar refractivity (Wildman–Crippen MR) is 52.1 cm³/mol. The summed E-state index contributed by atoms with van der Waals surface area (Å²) in [4.78, 5) is 0. The van der Waals surface area contributed by atoms with E-state index in [0.29, 0.717) is 0 Å². The quantitative estimate of drug-likeness (QED) is 0.631. The van der Waals surface area contributed by atoms with Gasteiger partial charge in [0.1, 0.15) is 0 Å². The van der Waals surface area contributed by atoms with E-state index in [-0.39, 0.29) is 0 Å². The Kier molecular flexibility index (Phi) is 2.50. The molecule has 1 heteroatoms. The van der Waals surface area contributed by atoms with Crippen LogP contribution in [0.1, 0.15) is 39.0 Å². The fourth-order valence-electron chi connectivity index (χ4n) is 2.23. The Morgan fingerprint density at radius 1 is 1.58 bits per heavy atom. The maximum atomic E-state index is 3.62. The van der Waals surface area contributed by atoms with E-state index in [9.17, 15) is 0 Å². The second-order valence-electron chi connectivity index (χ2n) is 4.04. The number of hydrogen-bond donors (Lipinski definition) is 1. The molecule has 2 aliphatic rings. The highest BCUT2D eigenvalue weighted by Crippen LogP contribution is 2.38. The molecule has 2 aliphatic carbocycles. The van der Waals surface area contributed by atoms with Crippen LogP contribution in [0.15, 0.2) is 11.6 Å². The van der Waals surface area contributed by atoms with Crippen LogP contribution >= 0.6 is 0 Å². The Hall–Kier alpha value is -0.300. The molecule has 0 saturated heterocycles. The van der Waals surface area contributed by atoms with Gasteiger partial charge < -0.3 is 5.32 Å². The lowest BCUT2D eigenvalue weighted by Gasteiger charge is -2.18. The van der Waals surface area contributed by atoms with Crippen molar-refractivity contribution in [1.82, 2.24) is 5.32 Å². The van der Waals surface area contributed by atoms with Gasteiger partial charge in [-0.15, -0.1) is 0 Å². The summed E-state index contributed by atoms with van der Waals surface area (Å²) >= 11 is 0. The molecule has 0 amide bonds. The molecule has 0 spiro atoms. The van der Waals surface area contributed by atoms with Crippen LogP contribution < -0.4 is 5.32 Å². The fourth-order valence-corrected chi connectivity index (χ4v) is 2.23. The van der Waals surface area contributed by atoms with Crippen molar-refractivity contribution in [1.29, 1.82) is 0 Å². The van der Waals surface area contributed by atoms with Crippen LogP contribution in [0.3, 0.4) is 0 Å². The average Bonchev–Trinajstić information content (AvgIpc) is 2.77. The molecule has 1 atom stereocenters. The zero-order chi connectivity index (χ0) is 8.39. The van der Waals surface area contributed by atoms with Crippen LogP contribution in [0.25, 0.3) is 0 Å². The first-order chi connectivity index (χ1) is 5.92. The summed E-state index contributed by atoms with van der Waals surface area (Å²) in [5, 5.41) is 3.62. The minimum Gasteiger partial charge on any atom is -0.310 e. The van der Waals surface area contributed by atoms with Gasteiger partial charge in [-0.05, 0) is 44.6 Å². The maximum absolute atomic E-state index is 3.62. The monoisotopic (exact) mass is 165 g/mol. The topological polar surface area (TPSA) is 12.0 Å². The van der Waals surface area contributed by atoms with E-state index in [2.05, 4.69) is 18.3 Å². The van der Waals surface area contributed by atoms with Crippen LogP contribution in [-0.2, 0) is 0 Å². The van der Waals surface area contributed by atoms with Crippen molar-refractivity contribution >= 4 is 0 Å². The minimum absolute atomic E-state index is 0.748. The van der Waals surface area contributed by atoms with Gasteiger partial charge in [-0.25, -0.2) is 0 Å². The third-order valence-corrected chi connectivity index (χ3v) is 2.99. The average molecular weight is 165 g/mol. The molecule has 68 valence electrons. The summed E-state index contributed by atoms with van der Waals surface area (Å²) in [6, 6.07) is 0.748. The molecule has 0 aromatic heterocycles. The molecule has 1 unspecified atom stereocenters. The van der Waals surface area contributed by atoms with Crippen LogP contribution in [0, 0.1) is 5.92 Å². The van der Waals surface area contributed by atoms with Crippen molar-refractivity contribution in [2.75, 3.05) is 6.54 Å². The first kappa shape index (κ1) is 8.31. The van der Waals surface area contributed by atoms with Gasteiger partial charge in [-0.2, -0.15) is 0 Å². The Morgan fingerprint density at radius 3 is 2.92 bits per heavy atom. The van der Waals surface area contributed by atoms with E-state index in [4.69, 9.17) is 0 Å². The molecular formula is C11H19N. The van der Waals surface area contributed by atoms with Crippen LogP contribution in [-0.4, -0.2) is 12.6 Å². The van der Waals surface area contributed by atoms with E-state index >= 15 is 0 Å². The second kappa shape index (κ2) is 3.61. The normalized spacial score (nSPS) is 25.6. The summed E-state index contributed by atoms with van der Waals surface area (Å²) in [7, 11) is 0. The predicted octanol–water partition coefficient (Wildman–Crippen LogP) is 2.48. The van der Waals surface area contributed by atoms with Crippen molar-refractivity contribution in [3.63, 3.8) is 0 Å². The lowest BCUT2D eigenvalue weighted by atomic mass is 10.0. The molecule has 0 aromatic carbocycles. The SMILES string of the molecule is CCNC(C1=CCCC1)C1CC1. The molecule has 0 aromatic rings. The molecule has 0 heterocycles. The molecule has 0 radical (unpaired) electrons. The van der Waals surface area contributed by atoms with Crippen LogP contribution in [0.4, 0.5) is 0 Å². The number of allylic oxidation sites excluding steroid dienone is 1. The first-order valence-electron chi connectivity index (χ1n) is 5.34. The number of likely N-dealkylation sites (N-methyl/N-ethyl adjacent to an activating group) is 1. The van der Waals surface area contributed by atoms with Gasteiger partial charge in [0.25, 0.3) is 0 Å². The van der Waals surface area contributed by atoms with Gasteiger partial charge >= 0.3 is 0 Å². The summed E-state index contributed by atoms with van der Waals surface area (Å²) in [5.41, 5.74) is 1.71. The Morgan fingerprint density at radius 2 is 2.42 bits per heavy atom. The van der Waals surface area contributed by atoms with Crippen molar-refractivity contribution in [3.8, 4) is 0 Å². The molecular weight excluding hydrogens is 146 g/mol. The number of rotatable bonds is 4. The number of hydrogen-bond acceptors (Lipinski definition) is 1. The lowest BCUT2D eigenvalue weighted by Crippen LogP contribution is -2.32. The minimum atomic E-state index is 0.748. The van der Waals surface area contributed by atoms with Gasteiger partial charge in [0.2, 0.25) is 0 Å². The third-order valence-electron chi connectivity index (χ3n) is 2.99. The van der Waals surface area contributed by atoms with Crippen molar-refractivity contribution in [3.05, 3.63) is 11.6 Å². The lowest BCUT2D eigenvalue weighted by molar-refractivity contribution is 0.523.